The zero-order valence-corrected chi connectivity index (χ0v) is 16.5. The number of fused-ring (bicyclic) bond motifs is 1. The van der Waals surface area contributed by atoms with E-state index in [2.05, 4.69) is 27.3 Å². The maximum Gasteiger partial charge on any atom is 0.222 e. The Hall–Kier alpha value is -2.70. The Labute approximate surface area is 165 Å². The molecular weight excluding hydrogens is 354 g/mol. The van der Waals surface area contributed by atoms with E-state index in [0.717, 1.165) is 18.1 Å². The zero-order valence-electron chi connectivity index (χ0n) is 16.5. The first-order valence-corrected chi connectivity index (χ1v) is 10.0. The van der Waals surface area contributed by atoms with Crippen molar-refractivity contribution in [1.82, 2.24) is 25.0 Å². The molecule has 7 heteroatoms. The molecule has 2 aliphatic rings. The Morgan fingerprint density at radius 2 is 1.82 bits per heavy atom. The van der Waals surface area contributed by atoms with Gasteiger partial charge < -0.3 is 9.80 Å². The first-order chi connectivity index (χ1) is 13.5. The molecule has 0 bridgehead atoms. The fourth-order valence-electron chi connectivity index (χ4n) is 4.60. The number of rotatable bonds is 5. The third-order valence-corrected chi connectivity index (χ3v) is 6.13. The molecule has 2 amide bonds. The Kier molecular flexibility index (Phi) is 4.91. The average molecular weight is 381 g/mol. The highest BCUT2D eigenvalue weighted by atomic mass is 16.2. The maximum absolute atomic E-state index is 12.9. The van der Waals surface area contributed by atoms with Crippen LogP contribution >= 0.6 is 0 Å². The fourth-order valence-corrected chi connectivity index (χ4v) is 4.60. The predicted octanol–water partition coefficient (Wildman–Crippen LogP) is 1.69. The summed E-state index contributed by atoms with van der Waals surface area (Å²) in [5, 5.41) is 7.36. The van der Waals surface area contributed by atoms with E-state index in [1.807, 2.05) is 41.8 Å². The van der Waals surface area contributed by atoms with Gasteiger partial charge in [-0.1, -0.05) is 37.3 Å². The molecule has 28 heavy (non-hydrogen) atoms. The lowest BCUT2D eigenvalue weighted by Gasteiger charge is -2.26. The van der Waals surface area contributed by atoms with Crippen LogP contribution in [0.25, 0.3) is 0 Å². The van der Waals surface area contributed by atoms with Gasteiger partial charge >= 0.3 is 0 Å². The van der Waals surface area contributed by atoms with Gasteiger partial charge in [0.15, 0.2) is 5.82 Å². The van der Waals surface area contributed by atoms with Gasteiger partial charge in [-0.2, -0.15) is 5.10 Å². The van der Waals surface area contributed by atoms with Crippen LogP contribution in [0.5, 0.6) is 0 Å². The van der Waals surface area contributed by atoms with Crippen molar-refractivity contribution in [3.8, 4) is 0 Å². The maximum atomic E-state index is 12.9. The highest BCUT2D eigenvalue weighted by Crippen LogP contribution is 2.44. The molecule has 0 spiro atoms. The third-order valence-electron chi connectivity index (χ3n) is 6.13. The fraction of sp³-hybridized carbons (Fsp3) is 0.524. The van der Waals surface area contributed by atoms with E-state index >= 15 is 0 Å². The molecule has 2 saturated heterocycles. The smallest absolute Gasteiger partial charge is 0.222 e. The molecule has 4 rings (SSSR count). The number of benzene rings is 1. The molecule has 148 valence electrons. The van der Waals surface area contributed by atoms with Crippen LogP contribution in [-0.2, 0) is 21.4 Å². The quantitative estimate of drug-likeness (QED) is 0.855. The Morgan fingerprint density at radius 3 is 2.43 bits per heavy atom. The molecule has 0 saturated carbocycles. The number of carbonyl (C=O) groups is 2. The molecule has 3 heterocycles. The number of aromatic nitrogens is 3. The summed E-state index contributed by atoms with van der Waals surface area (Å²) in [4.78, 5) is 33.7. The van der Waals surface area contributed by atoms with Crippen LogP contribution in [0.2, 0.25) is 0 Å². The molecule has 2 aliphatic heterocycles. The van der Waals surface area contributed by atoms with Crippen molar-refractivity contribution >= 4 is 11.8 Å². The summed E-state index contributed by atoms with van der Waals surface area (Å²) in [5.41, 5.74) is 0.812. The molecule has 1 aromatic heterocycles. The minimum absolute atomic E-state index is 0.156. The summed E-state index contributed by atoms with van der Waals surface area (Å²) in [6, 6.07) is 10.1. The van der Waals surface area contributed by atoms with E-state index in [4.69, 9.17) is 0 Å². The Bertz CT molecular complexity index is 865. The molecule has 1 N–H and O–H groups in total. The minimum atomic E-state index is -0.363. The van der Waals surface area contributed by atoms with E-state index in [0.29, 0.717) is 39.0 Å². The number of nitrogens with one attached hydrogen (secondary N) is 1. The summed E-state index contributed by atoms with van der Waals surface area (Å²) in [7, 11) is 0. The van der Waals surface area contributed by atoms with Gasteiger partial charge in [0.25, 0.3) is 0 Å². The molecule has 2 aromatic rings. The third kappa shape index (κ3) is 3.30. The number of H-pyrrole nitrogens is 1. The summed E-state index contributed by atoms with van der Waals surface area (Å²) in [6.07, 6.45) is 1.74. The van der Waals surface area contributed by atoms with Crippen LogP contribution in [0.4, 0.5) is 0 Å². The second-order valence-corrected chi connectivity index (χ2v) is 7.99. The number of nitrogens with zero attached hydrogens (tertiary/aromatic N) is 4. The topological polar surface area (TPSA) is 82.2 Å². The van der Waals surface area contributed by atoms with Crippen molar-refractivity contribution in [2.45, 2.75) is 38.5 Å². The van der Waals surface area contributed by atoms with Crippen molar-refractivity contribution in [1.29, 1.82) is 0 Å². The number of aromatic amines is 1. The molecule has 7 nitrogen and oxygen atoms in total. The first-order valence-electron chi connectivity index (χ1n) is 10.0. The van der Waals surface area contributed by atoms with Gasteiger partial charge in [-0.15, -0.1) is 0 Å². The predicted molar refractivity (Wildman–Crippen MR) is 105 cm³/mol. The van der Waals surface area contributed by atoms with Crippen LogP contribution in [-0.4, -0.2) is 63.0 Å². The van der Waals surface area contributed by atoms with Crippen LogP contribution in [0.3, 0.4) is 0 Å². The lowest BCUT2D eigenvalue weighted by molar-refractivity contribution is -0.131. The highest BCUT2D eigenvalue weighted by Gasteiger charge is 2.57. The average Bonchev–Trinajstić information content (AvgIpc) is 3.38. The Morgan fingerprint density at radius 1 is 1.14 bits per heavy atom. The first kappa shape index (κ1) is 18.7. The molecule has 2 fully saturated rings. The molecule has 0 radical (unpaired) electrons. The Balaban J connectivity index is 1.50. The number of likely N-dealkylation sites (tertiary alicyclic amines) is 2. The lowest BCUT2D eigenvalue weighted by atomic mass is 9.80. The summed E-state index contributed by atoms with van der Waals surface area (Å²) in [6.45, 7) is 6.26. The van der Waals surface area contributed by atoms with Crippen LogP contribution in [0.1, 0.15) is 37.0 Å². The van der Waals surface area contributed by atoms with Crippen molar-refractivity contribution in [2.75, 3.05) is 26.2 Å². The minimum Gasteiger partial charge on any atom is -0.341 e. The summed E-state index contributed by atoms with van der Waals surface area (Å²) in [5.74, 6) is 2.00. The van der Waals surface area contributed by atoms with Crippen LogP contribution in [0.15, 0.2) is 30.3 Å². The van der Waals surface area contributed by atoms with Crippen LogP contribution in [0, 0.1) is 12.8 Å². The highest BCUT2D eigenvalue weighted by molar-refractivity contribution is 5.78. The van der Waals surface area contributed by atoms with Gasteiger partial charge in [0.2, 0.25) is 11.8 Å². The normalized spacial score (nSPS) is 23.9. The number of hydrogen-bond donors (Lipinski definition) is 1. The van der Waals surface area contributed by atoms with Crippen molar-refractivity contribution in [3.05, 3.63) is 47.5 Å². The number of carbonyl (C=O) groups excluding carboxylic acids is 2. The molecular formula is C21H27N5O2. The van der Waals surface area contributed by atoms with Gasteiger partial charge in [-0.05, 0) is 18.9 Å². The van der Waals surface area contributed by atoms with Gasteiger partial charge in [0.1, 0.15) is 5.82 Å². The molecule has 0 aliphatic carbocycles. The summed E-state index contributed by atoms with van der Waals surface area (Å²) >= 11 is 0. The second-order valence-electron chi connectivity index (χ2n) is 7.99. The number of aryl methyl sites for hydroxylation is 2. The number of amides is 2. The molecule has 1 aromatic carbocycles. The lowest BCUT2D eigenvalue weighted by Crippen LogP contribution is -2.41. The van der Waals surface area contributed by atoms with Gasteiger partial charge in [-0.25, -0.2) is 4.98 Å². The van der Waals surface area contributed by atoms with Gasteiger partial charge in [0.05, 0.1) is 5.41 Å². The van der Waals surface area contributed by atoms with Gasteiger partial charge in [0, 0.05) is 44.9 Å². The molecule has 2 atom stereocenters. The van der Waals surface area contributed by atoms with E-state index in [1.54, 1.807) is 0 Å². The standard InChI is InChI=1S/C21H27N5O2/c1-3-18(27)25-11-17-12-26(19(28)10-9-16-7-5-4-6-8-16)14-21(17,13-25)20-22-15(2)23-24-20/h4-8,17H,3,9-14H2,1-2H3,(H,22,23,24)/t17-,21-/m0/s1. The van der Waals surface area contributed by atoms with Gasteiger partial charge in [-0.3, -0.25) is 14.7 Å². The SMILES string of the molecule is CCC(=O)N1C[C@H]2CN(C(=O)CCc3ccccc3)C[C@@]2(c2n[nH]c(C)n2)C1. The van der Waals surface area contributed by atoms with E-state index in [9.17, 15) is 9.59 Å². The zero-order chi connectivity index (χ0) is 19.7. The van der Waals surface area contributed by atoms with E-state index in [1.165, 1.54) is 5.56 Å². The van der Waals surface area contributed by atoms with Crippen molar-refractivity contribution in [3.63, 3.8) is 0 Å². The summed E-state index contributed by atoms with van der Waals surface area (Å²) < 4.78 is 0. The molecule has 0 unspecified atom stereocenters. The van der Waals surface area contributed by atoms with Crippen molar-refractivity contribution in [2.24, 2.45) is 5.92 Å². The van der Waals surface area contributed by atoms with Crippen LogP contribution < -0.4 is 0 Å². The van der Waals surface area contributed by atoms with E-state index in [-0.39, 0.29) is 23.1 Å². The monoisotopic (exact) mass is 381 g/mol. The van der Waals surface area contributed by atoms with Crippen molar-refractivity contribution < 1.29 is 9.59 Å². The second kappa shape index (κ2) is 7.37. The largest absolute Gasteiger partial charge is 0.341 e. The van der Waals surface area contributed by atoms with E-state index < -0.39 is 0 Å². The number of hydrogen-bond acceptors (Lipinski definition) is 4.